The Morgan fingerprint density at radius 3 is 2.74 bits per heavy atom. The molecule has 1 heteroatoms. The summed E-state index contributed by atoms with van der Waals surface area (Å²) in [5, 5.41) is 0. The summed E-state index contributed by atoms with van der Waals surface area (Å²) in [5.74, 6) is 0. The molecule has 0 N–H and O–H groups in total. The first-order chi connectivity index (χ1) is 9.28. The van der Waals surface area contributed by atoms with E-state index in [1.807, 2.05) is 0 Å². The number of hydrogen-bond donors (Lipinski definition) is 0. The molecule has 0 unspecified atom stereocenters. The lowest BCUT2D eigenvalue weighted by Gasteiger charge is -2.25. The van der Waals surface area contributed by atoms with Gasteiger partial charge in [-0.2, -0.15) is 0 Å². The zero-order valence-corrected chi connectivity index (χ0v) is 11.8. The normalized spacial score (nSPS) is 15.3. The van der Waals surface area contributed by atoms with Gasteiger partial charge >= 0.3 is 0 Å². The highest BCUT2D eigenvalue weighted by molar-refractivity contribution is 5.68. The van der Waals surface area contributed by atoms with E-state index in [0.29, 0.717) is 0 Å². The van der Waals surface area contributed by atoms with Gasteiger partial charge in [0.1, 0.15) is 0 Å². The van der Waals surface area contributed by atoms with Crippen molar-refractivity contribution in [3.05, 3.63) is 59.2 Å². The van der Waals surface area contributed by atoms with Gasteiger partial charge in [-0.1, -0.05) is 49.4 Å². The van der Waals surface area contributed by atoms with Crippen LogP contribution in [0.25, 0.3) is 11.1 Å². The lowest BCUT2D eigenvalue weighted by Crippen LogP contribution is -2.26. The number of nitrogens with zero attached hydrogens (tertiary/aromatic N) is 1. The van der Waals surface area contributed by atoms with E-state index < -0.39 is 0 Å². The van der Waals surface area contributed by atoms with Crippen LogP contribution in [0.2, 0.25) is 0 Å². The molecule has 19 heavy (non-hydrogen) atoms. The fraction of sp³-hybridized carbons (Fsp3) is 0.333. The molecule has 2 aromatic rings. The molecule has 0 bridgehead atoms. The number of aryl methyl sites for hydroxylation is 1. The van der Waals surface area contributed by atoms with Crippen LogP contribution in [0, 0.1) is 0 Å². The van der Waals surface area contributed by atoms with E-state index in [1.165, 1.54) is 40.8 Å². The van der Waals surface area contributed by atoms with Crippen LogP contribution in [-0.2, 0) is 19.4 Å². The number of fused-ring (bicyclic) bond motifs is 1. The first kappa shape index (κ1) is 12.4. The first-order valence-electron chi connectivity index (χ1n) is 7.16. The van der Waals surface area contributed by atoms with Crippen molar-refractivity contribution in [2.75, 3.05) is 13.6 Å². The average Bonchev–Trinajstić information content (AvgIpc) is 2.46. The quantitative estimate of drug-likeness (QED) is 0.782. The summed E-state index contributed by atoms with van der Waals surface area (Å²) < 4.78 is 0. The number of benzene rings is 2. The van der Waals surface area contributed by atoms with Gasteiger partial charge in [0.25, 0.3) is 0 Å². The lowest BCUT2D eigenvalue weighted by atomic mass is 9.92. The maximum absolute atomic E-state index is 2.40. The molecule has 1 nitrogen and oxygen atoms in total. The second kappa shape index (κ2) is 5.18. The van der Waals surface area contributed by atoms with E-state index in [1.54, 1.807) is 0 Å². The van der Waals surface area contributed by atoms with Gasteiger partial charge in [-0.3, -0.25) is 0 Å². The highest BCUT2D eigenvalue weighted by Crippen LogP contribution is 2.28. The van der Waals surface area contributed by atoms with Crippen molar-refractivity contribution in [2.24, 2.45) is 0 Å². The average molecular weight is 251 g/mol. The van der Waals surface area contributed by atoms with E-state index in [2.05, 4.69) is 61.3 Å². The van der Waals surface area contributed by atoms with Crippen LogP contribution in [0.5, 0.6) is 0 Å². The molecule has 0 radical (unpaired) electrons. The largest absolute Gasteiger partial charge is 0.302 e. The summed E-state index contributed by atoms with van der Waals surface area (Å²) in [6.07, 6.45) is 2.27. The third kappa shape index (κ3) is 2.43. The fourth-order valence-electron chi connectivity index (χ4n) is 2.97. The van der Waals surface area contributed by atoms with Gasteiger partial charge in [-0.15, -0.1) is 0 Å². The fourth-order valence-corrected chi connectivity index (χ4v) is 2.97. The van der Waals surface area contributed by atoms with E-state index in [0.717, 1.165) is 13.0 Å². The molecule has 0 aliphatic carbocycles. The third-order valence-corrected chi connectivity index (χ3v) is 4.12. The molecule has 2 aromatic carbocycles. The monoisotopic (exact) mass is 251 g/mol. The molecule has 0 saturated heterocycles. The predicted octanol–water partition coefficient (Wildman–Crippen LogP) is 3.90. The van der Waals surface area contributed by atoms with Gasteiger partial charge in [-0.05, 0) is 47.7 Å². The first-order valence-corrected chi connectivity index (χ1v) is 7.16. The van der Waals surface area contributed by atoms with Gasteiger partial charge in [0, 0.05) is 13.1 Å². The molecule has 0 spiro atoms. The van der Waals surface area contributed by atoms with E-state index in [9.17, 15) is 0 Å². The number of hydrogen-bond acceptors (Lipinski definition) is 1. The van der Waals surface area contributed by atoms with E-state index in [4.69, 9.17) is 0 Å². The maximum Gasteiger partial charge on any atom is 0.0233 e. The molecule has 3 rings (SSSR count). The Bertz CT molecular complexity index is 586. The summed E-state index contributed by atoms with van der Waals surface area (Å²) in [4.78, 5) is 2.39. The molecule has 0 amide bonds. The Hall–Kier alpha value is -1.60. The Morgan fingerprint density at radius 1 is 1.05 bits per heavy atom. The molecule has 0 aromatic heterocycles. The Balaban J connectivity index is 2.02. The highest BCUT2D eigenvalue weighted by Gasteiger charge is 2.14. The maximum atomic E-state index is 2.40. The van der Waals surface area contributed by atoms with Crippen LogP contribution in [-0.4, -0.2) is 18.5 Å². The predicted molar refractivity (Wildman–Crippen MR) is 81.3 cm³/mol. The standard InChI is InChI=1S/C18H21N/c1-3-14-6-4-5-7-18(14)16-8-9-17-13-19(2)11-10-15(17)12-16/h4-9,12H,3,10-11,13H2,1-2H3. The van der Waals surface area contributed by atoms with E-state index >= 15 is 0 Å². The Labute approximate surface area is 115 Å². The molecule has 98 valence electrons. The molecule has 0 saturated carbocycles. The molecule has 0 fully saturated rings. The lowest BCUT2D eigenvalue weighted by molar-refractivity contribution is 0.313. The van der Waals surface area contributed by atoms with Gasteiger partial charge < -0.3 is 4.90 Å². The van der Waals surface area contributed by atoms with Gasteiger partial charge in [-0.25, -0.2) is 0 Å². The van der Waals surface area contributed by atoms with Crippen molar-refractivity contribution in [1.82, 2.24) is 4.90 Å². The highest BCUT2D eigenvalue weighted by atomic mass is 15.1. The van der Waals surface area contributed by atoms with Gasteiger partial charge in [0.05, 0.1) is 0 Å². The van der Waals surface area contributed by atoms with Crippen molar-refractivity contribution in [1.29, 1.82) is 0 Å². The summed E-state index contributed by atoms with van der Waals surface area (Å²) in [6.45, 7) is 4.49. The summed E-state index contributed by atoms with van der Waals surface area (Å²) in [7, 11) is 2.20. The Kier molecular flexibility index (Phi) is 3.39. The smallest absolute Gasteiger partial charge is 0.0233 e. The Morgan fingerprint density at radius 2 is 1.89 bits per heavy atom. The molecular formula is C18H21N. The third-order valence-electron chi connectivity index (χ3n) is 4.12. The van der Waals surface area contributed by atoms with Crippen LogP contribution in [0.1, 0.15) is 23.6 Å². The van der Waals surface area contributed by atoms with Crippen LogP contribution in [0.3, 0.4) is 0 Å². The van der Waals surface area contributed by atoms with Gasteiger partial charge in [0.2, 0.25) is 0 Å². The topological polar surface area (TPSA) is 3.24 Å². The van der Waals surface area contributed by atoms with Crippen LogP contribution in [0.15, 0.2) is 42.5 Å². The zero-order chi connectivity index (χ0) is 13.2. The molecule has 1 aliphatic rings. The van der Waals surface area contributed by atoms with Crippen LogP contribution in [0.4, 0.5) is 0 Å². The number of rotatable bonds is 2. The minimum absolute atomic E-state index is 1.09. The van der Waals surface area contributed by atoms with Crippen LogP contribution < -0.4 is 0 Å². The van der Waals surface area contributed by atoms with Crippen molar-refractivity contribution >= 4 is 0 Å². The molecule has 1 aliphatic heterocycles. The molecule has 0 atom stereocenters. The van der Waals surface area contributed by atoms with Crippen molar-refractivity contribution in [2.45, 2.75) is 26.3 Å². The van der Waals surface area contributed by atoms with Crippen LogP contribution >= 0.6 is 0 Å². The van der Waals surface area contributed by atoms with E-state index in [-0.39, 0.29) is 0 Å². The second-order valence-corrected chi connectivity index (χ2v) is 5.48. The summed E-state index contributed by atoms with van der Waals surface area (Å²) in [5.41, 5.74) is 7.23. The number of likely N-dealkylation sites (N-methyl/N-ethyl adjacent to an activating group) is 1. The van der Waals surface area contributed by atoms with Crippen molar-refractivity contribution in [3.63, 3.8) is 0 Å². The zero-order valence-electron chi connectivity index (χ0n) is 11.8. The second-order valence-electron chi connectivity index (χ2n) is 5.48. The van der Waals surface area contributed by atoms with Gasteiger partial charge in [0.15, 0.2) is 0 Å². The minimum atomic E-state index is 1.09. The minimum Gasteiger partial charge on any atom is -0.302 e. The van der Waals surface area contributed by atoms with Crippen molar-refractivity contribution in [3.8, 4) is 11.1 Å². The molecule has 1 heterocycles. The summed E-state index contributed by atoms with van der Waals surface area (Å²) in [6, 6.07) is 15.8. The molecular weight excluding hydrogens is 230 g/mol. The summed E-state index contributed by atoms with van der Waals surface area (Å²) >= 11 is 0. The SMILES string of the molecule is CCc1ccccc1-c1ccc2c(c1)CCN(C)C2. The van der Waals surface area contributed by atoms with Crippen molar-refractivity contribution < 1.29 is 0 Å².